The number of nitrogens with zero attached hydrogens (tertiary/aromatic N) is 1. The average Bonchev–Trinajstić information content (AvgIpc) is 2.03. The maximum atomic E-state index is 5.24. The van der Waals surface area contributed by atoms with Gasteiger partial charge in [0.05, 0.1) is 7.11 Å². The van der Waals surface area contributed by atoms with Crippen LogP contribution < -0.4 is 0 Å². The zero-order chi connectivity index (χ0) is 10.4. The molecule has 0 spiro atoms. The van der Waals surface area contributed by atoms with Crippen molar-refractivity contribution in [2.24, 2.45) is 11.8 Å². The summed E-state index contributed by atoms with van der Waals surface area (Å²) in [5.41, 5.74) is 0. The van der Waals surface area contributed by atoms with Crippen molar-refractivity contribution in [1.82, 2.24) is 5.06 Å². The Labute approximate surface area is 83.2 Å². The van der Waals surface area contributed by atoms with Gasteiger partial charge in [-0.1, -0.05) is 27.7 Å². The average molecular weight is 187 g/mol. The van der Waals surface area contributed by atoms with Crippen molar-refractivity contribution >= 4 is 0 Å². The van der Waals surface area contributed by atoms with Gasteiger partial charge in [0.15, 0.2) is 0 Å². The van der Waals surface area contributed by atoms with Gasteiger partial charge in [0.2, 0.25) is 0 Å². The van der Waals surface area contributed by atoms with E-state index in [9.17, 15) is 0 Å². The third-order valence-corrected chi connectivity index (χ3v) is 2.67. The lowest BCUT2D eigenvalue weighted by Gasteiger charge is -2.31. The number of hydrogen-bond acceptors (Lipinski definition) is 2. The minimum absolute atomic E-state index is 0.549. The summed E-state index contributed by atoms with van der Waals surface area (Å²) in [6, 6.07) is 0.549. The fourth-order valence-electron chi connectivity index (χ4n) is 2.05. The van der Waals surface area contributed by atoms with E-state index in [1.54, 1.807) is 7.11 Å². The van der Waals surface area contributed by atoms with E-state index in [-0.39, 0.29) is 0 Å². The van der Waals surface area contributed by atoms with Crippen molar-refractivity contribution in [1.29, 1.82) is 0 Å². The summed E-state index contributed by atoms with van der Waals surface area (Å²) in [6.07, 6.45) is 2.42. The van der Waals surface area contributed by atoms with Crippen molar-refractivity contribution in [3.05, 3.63) is 0 Å². The van der Waals surface area contributed by atoms with E-state index in [4.69, 9.17) is 4.84 Å². The Morgan fingerprint density at radius 2 is 1.77 bits per heavy atom. The van der Waals surface area contributed by atoms with E-state index in [0.717, 1.165) is 12.3 Å². The second kappa shape index (κ2) is 6.39. The first-order chi connectivity index (χ1) is 6.02. The van der Waals surface area contributed by atoms with Crippen LogP contribution in [0.5, 0.6) is 0 Å². The highest BCUT2D eigenvalue weighted by molar-refractivity contribution is 4.70. The van der Waals surface area contributed by atoms with E-state index >= 15 is 0 Å². The lowest BCUT2D eigenvalue weighted by atomic mass is 9.90. The fourth-order valence-corrected chi connectivity index (χ4v) is 2.05. The Kier molecular flexibility index (Phi) is 6.35. The Balaban J connectivity index is 4.06. The first-order valence-electron chi connectivity index (χ1n) is 5.29. The predicted molar refractivity (Wildman–Crippen MR) is 57.5 cm³/mol. The summed E-state index contributed by atoms with van der Waals surface area (Å²) in [7, 11) is 3.76. The summed E-state index contributed by atoms with van der Waals surface area (Å²) in [5, 5.41) is 1.98. The number of rotatable bonds is 6. The van der Waals surface area contributed by atoms with Crippen LogP contribution in [0.2, 0.25) is 0 Å². The smallest absolute Gasteiger partial charge is 0.0575 e. The van der Waals surface area contributed by atoms with Gasteiger partial charge in [0.1, 0.15) is 0 Å². The van der Waals surface area contributed by atoms with E-state index in [2.05, 4.69) is 27.7 Å². The van der Waals surface area contributed by atoms with Gasteiger partial charge in [-0.3, -0.25) is 0 Å². The van der Waals surface area contributed by atoms with Crippen molar-refractivity contribution in [3.8, 4) is 0 Å². The van der Waals surface area contributed by atoms with Gasteiger partial charge in [0, 0.05) is 13.1 Å². The quantitative estimate of drug-likeness (QED) is 0.593. The molecule has 0 aromatic rings. The second-order valence-corrected chi connectivity index (χ2v) is 4.31. The molecule has 0 N–H and O–H groups in total. The Hall–Kier alpha value is -0.0800. The molecule has 13 heavy (non-hydrogen) atoms. The van der Waals surface area contributed by atoms with Gasteiger partial charge in [-0.05, 0) is 24.7 Å². The highest BCUT2D eigenvalue weighted by atomic mass is 16.7. The molecule has 0 heterocycles. The highest BCUT2D eigenvalue weighted by Gasteiger charge is 2.20. The molecule has 0 aromatic heterocycles. The highest BCUT2D eigenvalue weighted by Crippen LogP contribution is 2.20. The molecule has 0 fully saturated rings. The molecule has 2 unspecified atom stereocenters. The zero-order valence-electron chi connectivity index (χ0n) is 10.0. The number of hydrogen-bond donors (Lipinski definition) is 0. The van der Waals surface area contributed by atoms with Crippen molar-refractivity contribution in [3.63, 3.8) is 0 Å². The van der Waals surface area contributed by atoms with Crippen molar-refractivity contribution in [2.75, 3.05) is 14.2 Å². The third kappa shape index (κ3) is 4.63. The van der Waals surface area contributed by atoms with Gasteiger partial charge in [0.25, 0.3) is 0 Å². The maximum absolute atomic E-state index is 5.24. The lowest BCUT2D eigenvalue weighted by Crippen LogP contribution is -2.36. The second-order valence-electron chi connectivity index (χ2n) is 4.31. The molecule has 0 aliphatic heterocycles. The van der Waals surface area contributed by atoms with Gasteiger partial charge < -0.3 is 4.84 Å². The van der Waals surface area contributed by atoms with Crippen LogP contribution in [-0.2, 0) is 4.84 Å². The van der Waals surface area contributed by atoms with Crippen LogP contribution in [0.25, 0.3) is 0 Å². The first kappa shape index (κ1) is 12.9. The Morgan fingerprint density at radius 3 is 2.08 bits per heavy atom. The molecular weight excluding hydrogens is 162 g/mol. The Morgan fingerprint density at radius 1 is 1.23 bits per heavy atom. The summed E-state index contributed by atoms with van der Waals surface area (Å²) < 4.78 is 0. The molecule has 0 radical (unpaired) electrons. The van der Waals surface area contributed by atoms with E-state index < -0.39 is 0 Å². The van der Waals surface area contributed by atoms with Crippen LogP contribution in [0.4, 0.5) is 0 Å². The summed E-state index contributed by atoms with van der Waals surface area (Å²) in [4.78, 5) is 5.24. The molecule has 0 aliphatic carbocycles. The standard InChI is InChI=1S/C11H25NO/c1-7-11(12(5)13-6)10(4)8-9(2)3/h9-11H,7-8H2,1-6H3. The molecule has 0 amide bonds. The molecule has 0 saturated carbocycles. The predicted octanol–water partition coefficient (Wildman–Crippen LogP) is 2.94. The van der Waals surface area contributed by atoms with Gasteiger partial charge in [-0.2, -0.15) is 5.06 Å². The topological polar surface area (TPSA) is 12.5 Å². The lowest BCUT2D eigenvalue weighted by molar-refractivity contribution is -0.154. The monoisotopic (exact) mass is 187 g/mol. The van der Waals surface area contributed by atoms with Crippen LogP contribution in [-0.4, -0.2) is 25.3 Å². The third-order valence-electron chi connectivity index (χ3n) is 2.67. The summed E-state index contributed by atoms with van der Waals surface area (Å²) in [5.74, 6) is 1.48. The van der Waals surface area contributed by atoms with Crippen LogP contribution in [0, 0.1) is 11.8 Å². The van der Waals surface area contributed by atoms with Crippen LogP contribution >= 0.6 is 0 Å². The number of hydroxylamine groups is 2. The van der Waals surface area contributed by atoms with Crippen LogP contribution in [0.3, 0.4) is 0 Å². The van der Waals surface area contributed by atoms with Crippen LogP contribution in [0.1, 0.15) is 40.5 Å². The molecule has 80 valence electrons. The Bertz CT molecular complexity index is 125. The summed E-state index contributed by atoms with van der Waals surface area (Å²) in [6.45, 7) is 9.08. The summed E-state index contributed by atoms with van der Waals surface area (Å²) >= 11 is 0. The molecule has 2 atom stereocenters. The largest absolute Gasteiger partial charge is 0.302 e. The molecular formula is C11H25NO. The van der Waals surface area contributed by atoms with E-state index in [0.29, 0.717) is 12.0 Å². The van der Waals surface area contributed by atoms with Gasteiger partial charge in [-0.15, -0.1) is 0 Å². The maximum Gasteiger partial charge on any atom is 0.0575 e. The molecule has 0 rings (SSSR count). The molecule has 0 bridgehead atoms. The van der Waals surface area contributed by atoms with Gasteiger partial charge in [-0.25, -0.2) is 0 Å². The molecule has 0 aliphatic rings. The van der Waals surface area contributed by atoms with Gasteiger partial charge >= 0.3 is 0 Å². The normalized spacial score (nSPS) is 16.6. The SMILES string of the molecule is CCC(C(C)CC(C)C)N(C)OC. The minimum atomic E-state index is 0.549. The first-order valence-corrected chi connectivity index (χ1v) is 5.29. The van der Waals surface area contributed by atoms with Crippen molar-refractivity contribution in [2.45, 2.75) is 46.6 Å². The molecule has 0 saturated heterocycles. The van der Waals surface area contributed by atoms with E-state index in [1.165, 1.54) is 6.42 Å². The fraction of sp³-hybridized carbons (Fsp3) is 1.00. The zero-order valence-corrected chi connectivity index (χ0v) is 10.0. The molecule has 2 heteroatoms. The van der Waals surface area contributed by atoms with E-state index in [1.807, 2.05) is 12.1 Å². The molecule has 2 nitrogen and oxygen atoms in total. The van der Waals surface area contributed by atoms with Crippen molar-refractivity contribution < 1.29 is 4.84 Å². The van der Waals surface area contributed by atoms with Crippen LogP contribution in [0.15, 0.2) is 0 Å². The molecule has 0 aromatic carbocycles. The minimum Gasteiger partial charge on any atom is -0.302 e.